The maximum atomic E-state index is 12.0. The smallest absolute Gasteiger partial charge is 0.340 e. The molecule has 8 heteroatoms. The maximum absolute atomic E-state index is 12.0. The Morgan fingerprint density at radius 1 is 1.29 bits per heavy atom. The maximum Gasteiger partial charge on any atom is 0.340 e. The SMILES string of the molecule is Cc1nsc(NC(=O)C(C)NC(=O)C(C)(C)C)c1C(=O)O. The van der Waals surface area contributed by atoms with Crippen LogP contribution >= 0.6 is 11.5 Å². The van der Waals surface area contributed by atoms with Crippen LogP contribution in [0.15, 0.2) is 0 Å². The van der Waals surface area contributed by atoms with Crippen molar-refractivity contribution in [1.82, 2.24) is 9.69 Å². The second-order valence-corrected chi connectivity index (χ2v) is 6.49. The van der Waals surface area contributed by atoms with E-state index in [0.29, 0.717) is 5.69 Å². The molecule has 1 unspecified atom stereocenters. The van der Waals surface area contributed by atoms with Crippen molar-refractivity contribution in [3.05, 3.63) is 11.3 Å². The number of carbonyl (C=O) groups excluding carboxylic acids is 2. The fraction of sp³-hybridized carbons (Fsp3) is 0.538. The molecule has 1 aromatic heterocycles. The van der Waals surface area contributed by atoms with Gasteiger partial charge in [0.25, 0.3) is 0 Å². The molecule has 0 aromatic carbocycles. The standard InChI is InChI=1S/C13H19N3O4S/c1-6-8(11(18)19)10(21-16-6)15-9(17)7(2)14-12(20)13(3,4)5/h7H,1-5H3,(H,14,20)(H,15,17)(H,18,19). The lowest BCUT2D eigenvalue weighted by molar-refractivity contribution is -0.131. The number of carboxylic acid groups (broad SMARTS) is 1. The first-order valence-corrected chi connectivity index (χ1v) is 7.12. The highest BCUT2D eigenvalue weighted by Crippen LogP contribution is 2.24. The second kappa shape index (κ2) is 6.21. The van der Waals surface area contributed by atoms with Gasteiger partial charge in [-0.2, -0.15) is 4.37 Å². The van der Waals surface area contributed by atoms with Crippen LogP contribution < -0.4 is 10.6 Å². The first kappa shape index (κ1) is 17.1. The number of hydrogen-bond acceptors (Lipinski definition) is 5. The van der Waals surface area contributed by atoms with Gasteiger partial charge >= 0.3 is 5.97 Å². The van der Waals surface area contributed by atoms with Crippen LogP contribution in [-0.2, 0) is 9.59 Å². The van der Waals surface area contributed by atoms with Gasteiger partial charge < -0.3 is 15.7 Å². The number of hydrogen-bond donors (Lipinski definition) is 3. The zero-order valence-corrected chi connectivity index (χ0v) is 13.4. The van der Waals surface area contributed by atoms with Gasteiger partial charge in [-0.25, -0.2) is 4.79 Å². The summed E-state index contributed by atoms with van der Waals surface area (Å²) in [6, 6.07) is -0.777. The summed E-state index contributed by atoms with van der Waals surface area (Å²) < 4.78 is 3.91. The van der Waals surface area contributed by atoms with Crippen molar-refractivity contribution in [2.45, 2.75) is 40.7 Å². The van der Waals surface area contributed by atoms with Crippen LogP contribution in [0.4, 0.5) is 5.00 Å². The third-order valence-electron chi connectivity index (χ3n) is 2.74. The summed E-state index contributed by atoms with van der Waals surface area (Å²) in [5.74, 6) is -1.90. The lowest BCUT2D eigenvalue weighted by Gasteiger charge is -2.21. The second-order valence-electron chi connectivity index (χ2n) is 5.71. The van der Waals surface area contributed by atoms with E-state index in [-0.39, 0.29) is 16.5 Å². The number of anilines is 1. The Balaban J connectivity index is 2.78. The molecular weight excluding hydrogens is 294 g/mol. The van der Waals surface area contributed by atoms with Crippen LogP contribution in [-0.4, -0.2) is 33.3 Å². The first-order valence-electron chi connectivity index (χ1n) is 6.35. The molecule has 0 saturated carbocycles. The van der Waals surface area contributed by atoms with Gasteiger partial charge in [0.15, 0.2) is 0 Å². The Kier molecular flexibility index (Phi) is 5.06. The third kappa shape index (κ3) is 4.25. The number of aromatic nitrogens is 1. The van der Waals surface area contributed by atoms with Crippen molar-refractivity contribution in [2.75, 3.05) is 5.32 Å². The highest BCUT2D eigenvalue weighted by Gasteiger charge is 2.26. The largest absolute Gasteiger partial charge is 0.478 e. The van der Waals surface area contributed by atoms with Gasteiger partial charge in [0.2, 0.25) is 11.8 Å². The number of aromatic carboxylic acids is 1. The predicted molar refractivity (Wildman–Crippen MR) is 79.5 cm³/mol. The summed E-state index contributed by atoms with van der Waals surface area (Å²) in [4.78, 5) is 34.9. The Hall–Kier alpha value is -1.96. The number of amides is 2. The summed E-state index contributed by atoms with van der Waals surface area (Å²) in [6.07, 6.45) is 0. The highest BCUT2D eigenvalue weighted by atomic mass is 32.1. The Morgan fingerprint density at radius 2 is 1.86 bits per heavy atom. The first-order chi connectivity index (χ1) is 9.54. The van der Waals surface area contributed by atoms with E-state index >= 15 is 0 Å². The summed E-state index contributed by atoms with van der Waals surface area (Å²) in [6.45, 7) is 8.31. The summed E-state index contributed by atoms with van der Waals surface area (Å²) in [7, 11) is 0. The Labute approximate surface area is 126 Å². The minimum atomic E-state index is -1.15. The lowest BCUT2D eigenvalue weighted by atomic mass is 9.95. The molecule has 3 N–H and O–H groups in total. The molecule has 0 radical (unpaired) electrons. The van der Waals surface area contributed by atoms with Gasteiger partial charge in [0.05, 0.1) is 5.69 Å². The van der Waals surface area contributed by atoms with Gasteiger partial charge in [0.1, 0.15) is 16.6 Å². The molecule has 0 aliphatic carbocycles. The summed E-state index contributed by atoms with van der Waals surface area (Å²) >= 11 is 0.899. The number of carbonyl (C=O) groups is 3. The van der Waals surface area contributed by atoms with Gasteiger partial charge in [0, 0.05) is 5.41 Å². The molecule has 0 aliphatic heterocycles. The van der Waals surface area contributed by atoms with Gasteiger partial charge in [-0.15, -0.1) is 0 Å². The zero-order valence-electron chi connectivity index (χ0n) is 12.6. The Morgan fingerprint density at radius 3 is 2.33 bits per heavy atom. The number of nitrogens with one attached hydrogen (secondary N) is 2. The minimum absolute atomic E-state index is 0.0253. The molecule has 1 rings (SSSR count). The molecule has 0 aliphatic rings. The van der Waals surface area contributed by atoms with E-state index in [1.807, 2.05) is 0 Å². The van der Waals surface area contributed by atoms with Crippen LogP contribution in [0, 0.1) is 12.3 Å². The molecule has 21 heavy (non-hydrogen) atoms. The van der Waals surface area contributed by atoms with Crippen LogP contribution in [0.2, 0.25) is 0 Å². The fourth-order valence-electron chi connectivity index (χ4n) is 1.41. The summed E-state index contributed by atoms with van der Waals surface area (Å²) in [5.41, 5.74) is -0.293. The highest BCUT2D eigenvalue weighted by molar-refractivity contribution is 7.11. The van der Waals surface area contributed by atoms with Crippen molar-refractivity contribution in [1.29, 1.82) is 0 Å². The van der Waals surface area contributed by atoms with E-state index in [2.05, 4.69) is 15.0 Å². The molecule has 7 nitrogen and oxygen atoms in total. The number of aryl methyl sites for hydroxylation is 1. The monoisotopic (exact) mass is 313 g/mol. The van der Waals surface area contributed by atoms with Crippen LogP contribution in [0.1, 0.15) is 43.7 Å². The van der Waals surface area contributed by atoms with Crippen LogP contribution in [0.25, 0.3) is 0 Å². The molecule has 1 heterocycles. The Bertz CT molecular complexity index is 574. The molecule has 1 aromatic rings. The molecule has 116 valence electrons. The van der Waals surface area contributed by atoms with Gasteiger partial charge in [-0.1, -0.05) is 20.8 Å². The number of carboxylic acids is 1. The van der Waals surface area contributed by atoms with E-state index in [0.717, 1.165) is 11.5 Å². The van der Waals surface area contributed by atoms with Crippen LogP contribution in [0.5, 0.6) is 0 Å². The van der Waals surface area contributed by atoms with E-state index in [1.54, 1.807) is 27.7 Å². The molecular formula is C13H19N3O4S. The van der Waals surface area contributed by atoms with Gasteiger partial charge in [-0.3, -0.25) is 9.59 Å². The molecule has 1 atom stereocenters. The minimum Gasteiger partial charge on any atom is -0.478 e. The molecule has 0 fully saturated rings. The van der Waals surface area contributed by atoms with E-state index in [1.165, 1.54) is 6.92 Å². The average molecular weight is 313 g/mol. The zero-order chi connectivity index (χ0) is 16.4. The van der Waals surface area contributed by atoms with E-state index < -0.39 is 23.3 Å². The topological polar surface area (TPSA) is 108 Å². The fourth-order valence-corrected chi connectivity index (χ4v) is 2.20. The molecule has 2 amide bonds. The summed E-state index contributed by atoms with van der Waals surface area (Å²) in [5, 5.41) is 14.3. The van der Waals surface area contributed by atoms with E-state index in [4.69, 9.17) is 5.11 Å². The number of rotatable bonds is 4. The molecule has 0 spiro atoms. The van der Waals surface area contributed by atoms with Crippen molar-refractivity contribution < 1.29 is 19.5 Å². The predicted octanol–water partition coefficient (Wildman–Crippen LogP) is 1.64. The molecule has 0 saturated heterocycles. The third-order valence-corrected chi connectivity index (χ3v) is 3.59. The number of nitrogens with zero attached hydrogens (tertiary/aromatic N) is 1. The quantitative estimate of drug-likeness (QED) is 0.783. The van der Waals surface area contributed by atoms with Crippen LogP contribution in [0.3, 0.4) is 0 Å². The lowest BCUT2D eigenvalue weighted by Crippen LogP contribution is -2.46. The normalized spacial score (nSPS) is 12.6. The van der Waals surface area contributed by atoms with Crippen molar-refractivity contribution in [3.8, 4) is 0 Å². The van der Waals surface area contributed by atoms with E-state index in [9.17, 15) is 14.4 Å². The van der Waals surface area contributed by atoms with Gasteiger partial charge in [-0.05, 0) is 25.4 Å². The van der Waals surface area contributed by atoms with Crippen molar-refractivity contribution >= 4 is 34.3 Å². The van der Waals surface area contributed by atoms with Crippen molar-refractivity contribution in [3.63, 3.8) is 0 Å². The molecule has 0 bridgehead atoms. The van der Waals surface area contributed by atoms with Crippen molar-refractivity contribution in [2.24, 2.45) is 5.41 Å². The average Bonchev–Trinajstić information content (AvgIpc) is 2.68.